The molecule has 20 heavy (non-hydrogen) atoms. The maximum absolute atomic E-state index is 11.9. The number of hydrogen-bond donors (Lipinski definition) is 2. The van der Waals surface area contributed by atoms with E-state index in [0.29, 0.717) is 25.7 Å². The van der Waals surface area contributed by atoms with Crippen molar-refractivity contribution in [3.63, 3.8) is 0 Å². The second kappa shape index (κ2) is 7.27. The number of likely N-dealkylation sites (tertiary alicyclic amines) is 1. The van der Waals surface area contributed by atoms with E-state index in [1.165, 1.54) is 25.7 Å². The summed E-state index contributed by atoms with van der Waals surface area (Å²) in [7, 11) is 0. The van der Waals surface area contributed by atoms with Gasteiger partial charge in [0.05, 0.1) is 12.7 Å². The van der Waals surface area contributed by atoms with E-state index in [1.54, 1.807) is 4.90 Å². The van der Waals surface area contributed by atoms with Crippen molar-refractivity contribution in [3.8, 4) is 0 Å². The van der Waals surface area contributed by atoms with E-state index < -0.39 is 0 Å². The summed E-state index contributed by atoms with van der Waals surface area (Å²) in [6.07, 6.45) is 5.35. The molecule has 1 saturated carbocycles. The summed E-state index contributed by atoms with van der Waals surface area (Å²) in [5.74, 6) is 0.132. The molecule has 1 heterocycles. The average molecular weight is 284 g/mol. The number of carbonyl (C=O) groups excluding carboxylic acids is 1. The number of carbonyl (C=O) groups is 1. The van der Waals surface area contributed by atoms with E-state index >= 15 is 0 Å². The number of aliphatic hydroxyl groups excluding tert-OH is 1. The first-order valence-electron chi connectivity index (χ1n) is 7.96. The van der Waals surface area contributed by atoms with Gasteiger partial charge in [-0.05, 0) is 33.1 Å². The van der Waals surface area contributed by atoms with E-state index in [9.17, 15) is 9.90 Å². The number of amides is 1. The smallest absolute Gasteiger partial charge is 0.409 e. The van der Waals surface area contributed by atoms with Crippen molar-refractivity contribution in [2.24, 2.45) is 5.92 Å². The minimum atomic E-state index is -0.389. The molecule has 3 atom stereocenters. The van der Waals surface area contributed by atoms with Gasteiger partial charge in [-0.2, -0.15) is 0 Å². The lowest BCUT2D eigenvalue weighted by atomic mass is 9.90. The van der Waals surface area contributed by atoms with Crippen LogP contribution in [0, 0.1) is 5.92 Å². The highest BCUT2D eigenvalue weighted by molar-refractivity contribution is 5.67. The molecular formula is C15H28N2O3. The molecule has 1 saturated heterocycles. The Morgan fingerprint density at radius 1 is 1.35 bits per heavy atom. The predicted molar refractivity (Wildman–Crippen MR) is 77.6 cm³/mol. The topological polar surface area (TPSA) is 61.8 Å². The van der Waals surface area contributed by atoms with Crippen LogP contribution in [0.4, 0.5) is 4.79 Å². The van der Waals surface area contributed by atoms with Crippen LogP contribution in [-0.2, 0) is 4.74 Å². The molecule has 3 unspecified atom stereocenters. The van der Waals surface area contributed by atoms with Crippen molar-refractivity contribution in [1.82, 2.24) is 10.2 Å². The minimum absolute atomic E-state index is 0.132. The molecule has 1 amide bonds. The number of hydrogen-bond acceptors (Lipinski definition) is 4. The van der Waals surface area contributed by atoms with Crippen LogP contribution in [0.1, 0.15) is 46.0 Å². The zero-order valence-electron chi connectivity index (χ0n) is 12.7. The van der Waals surface area contributed by atoms with E-state index in [-0.39, 0.29) is 24.2 Å². The lowest BCUT2D eigenvalue weighted by Gasteiger charge is -2.39. The summed E-state index contributed by atoms with van der Waals surface area (Å²) >= 11 is 0. The maximum Gasteiger partial charge on any atom is 0.409 e. The fraction of sp³-hybridized carbons (Fsp3) is 0.933. The van der Waals surface area contributed by atoms with Gasteiger partial charge in [-0.1, -0.05) is 12.8 Å². The van der Waals surface area contributed by atoms with Crippen LogP contribution >= 0.6 is 0 Å². The van der Waals surface area contributed by atoms with E-state index in [0.717, 1.165) is 6.42 Å². The first kappa shape index (κ1) is 15.6. The molecular weight excluding hydrogens is 256 g/mol. The maximum atomic E-state index is 11.9. The van der Waals surface area contributed by atoms with Crippen LogP contribution in [0.15, 0.2) is 0 Å². The van der Waals surface area contributed by atoms with E-state index in [1.807, 2.05) is 13.8 Å². The molecule has 0 aromatic heterocycles. The highest BCUT2D eigenvalue weighted by Gasteiger charge is 2.34. The number of rotatable bonds is 4. The van der Waals surface area contributed by atoms with Crippen LogP contribution < -0.4 is 5.32 Å². The Kier molecular flexibility index (Phi) is 5.66. The van der Waals surface area contributed by atoms with Crippen molar-refractivity contribution in [1.29, 1.82) is 0 Å². The van der Waals surface area contributed by atoms with Crippen LogP contribution in [0.2, 0.25) is 0 Å². The molecule has 2 fully saturated rings. The van der Waals surface area contributed by atoms with Gasteiger partial charge in [0, 0.05) is 31.1 Å². The standard InChI is InChI=1S/C15H28N2O3/c1-3-20-15(19)17-9-12(11(2)18)8-14(10-17)16-13-6-4-5-7-13/h11-14,16,18H,3-10H2,1-2H3. The number of aliphatic hydroxyl groups is 1. The molecule has 0 radical (unpaired) electrons. The summed E-state index contributed by atoms with van der Waals surface area (Å²) in [5, 5.41) is 13.5. The zero-order valence-corrected chi connectivity index (χ0v) is 12.7. The molecule has 2 rings (SSSR count). The largest absolute Gasteiger partial charge is 0.450 e. The van der Waals surface area contributed by atoms with Gasteiger partial charge in [0.25, 0.3) is 0 Å². The van der Waals surface area contributed by atoms with Gasteiger partial charge in [-0.3, -0.25) is 0 Å². The quantitative estimate of drug-likeness (QED) is 0.825. The summed E-state index contributed by atoms with van der Waals surface area (Å²) in [5.41, 5.74) is 0. The molecule has 116 valence electrons. The minimum Gasteiger partial charge on any atom is -0.450 e. The van der Waals surface area contributed by atoms with Crippen molar-refractivity contribution < 1.29 is 14.6 Å². The summed E-state index contributed by atoms with van der Waals surface area (Å²) in [6.45, 7) is 5.32. The second-order valence-electron chi connectivity index (χ2n) is 6.19. The van der Waals surface area contributed by atoms with Crippen LogP contribution in [-0.4, -0.2) is 54.0 Å². The number of piperidine rings is 1. The molecule has 1 aliphatic heterocycles. The van der Waals surface area contributed by atoms with Gasteiger partial charge < -0.3 is 20.1 Å². The Labute approximate surface area is 121 Å². The molecule has 5 heteroatoms. The summed E-state index contributed by atoms with van der Waals surface area (Å²) in [6, 6.07) is 0.854. The van der Waals surface area contributed by atoms with Gasteiger partial charge in [0.15, 0.2) is 0 Å². The molecule has 2 N–H and O–H groups in total. The molecule has 0 bridgehead atoms. The Morgan fingerprint density at radius 2 is 2.05 bits per heavy atom. The zero-order chi connectivity index (χ0) is 14.5. The van der Waals surface area contributed by atoms with Crippen LogP contribution in [0.25, 0.3) is 0 Å². The SMILES string of the molecule is CCOC(=O)N1CC(NC2CCCC2)CC(C(C)O)C1. The Balaban J connectivity index is 1.94. The van der Waals surface area contributed by atoms with Crippen molar-refractivity contribution in [2.45, 2.75) is 64.1 Å². The van der Waals surface area contributed by atoms with Gasteiger partial charge in [0.2, 0.25) is 0 Å². The highest BCUT2D eigenvalue weighted by atomic mass is 16.6. The lowest BCUT2D eigenvalue weighted by molar-refractivity contribution is 0.0361. The van der Waals surface area contributed by atoms with Crippen LogP contribution in [0.3, 0.4) is 0 Å². The fourth-order valence-corrected chi connectivity index (χ4v) is 3.40. The normalized spacial score (nSPS) is 29.4. The van der Waals surface area contributed by atoms with Gasteiger partial charge in [-0.15, -0.1) is 0 Å². The molecule has 0 aromatic rings. The Morgan fingerprint density at radius 3 is 2.65 bits per heavy atom. The first-order valence-corrected chi connectivity index (χ1v) is 7.96. The third-order valence-electron chi connectivity index (χ3n) is 4.52. The van der Waals surface area contributed by atoms with Gasteiger partial charge in [0.1, 0.15) is 0 Å². The summed E-state index contributed by atoms with van der Waals surface area (Å²) < 4.78 is 5.11. The Bertz CT molecular complexity index is 314. The third-order valence-corrected chi connectivity index (χ3v) is 4.52. The fourth-order valence-electron chi connectivity index (χ4n) is 3.40. The Hall–Kier alpha value is -0.810. The van der Waals surface area contributed by atoms with E-state index in [2.05, 4.69) is 5.32 Å². The first-order chi connectivity index (χ1) is 9.60. The van der Waals surface area contributed by atoms with Crippen molar-refractivity contribution in [2.75, 3.05) is 19.7 Å². The van der Waals surface area contributed by atoms with Crippen LogP contribution in [0.5, 0.6) is 0 Å². The molecule has 0 aromatic carbocycles. The average Bonchev–Trinajstić information content (AvgIpc) is 2.91. The lowest BCUT2D eigenvalue weighted by Crippen LogP contribution is -2.54. The number of ether oxygens (including phenoxy) is 1. The molecule has 1 aliphatic carbocycles. The van der Waals surface area contributed by atoms with E-state index in [4.69, 9.17) is 4.74 Å². The predicted octanol–water partition coefficient (Wildman–Crippen LogP) is 1.75. The summed E-state index contributed by atoms with van der Waals surface area (Å²) in [4.78, 5) is 13.7. The van der Waals surface area contributed by atoms with Crippen molar-refractivity contribution >= 4 is 6.09 Å². The number of nitrogens with zero attached hydrogens (tertiary/aromatic N) is 1. The second-order valence-corrected chi connectivity index (χ2v) is 6.19. The van der Waals surface area contributed by atoms with Gasteiger partial charge in [-0.25, -0.2) is 4.79 Å². The molecule has 5 nitrogen and oxygen atoms in total. The van der Waals surface area contributed by atoms with Crippen molar-refractivity contribution in [3.05, 3.63) is 0 Å². The molecule has 2 aliphatic rings. The monoisotopic (exact) mass is 284 g/mol. The third kappa shape index (κ3) is 4.09. The highest BCUT2D eigenvalue weighted by Crippen LogP contribution is 2.24. The molecule has 0 spiro atoms. The van der Waals surface area contributed by atoms with Gasteiger partial charge >= 0.3 is 6.09 Å². The number of nitrogens with one attached hydrogen (secondary N) is 1.